The third-order valence-electron chi connectivity index (χ3n) is 16.8. The minimum atomic E-state index is -4.99. The quantitative estimate of drug-likeness (QED) is 0.0326. The van der Waals surface area contributed by atoms with Gasteiger partial charge in [-0.1, -0.05) is 118 Å². The Morgan fingerprint density at radius 2 is 1.38 bits per heavy atom. The minimum absolute atomic E-state index is 0.00482. The second kappa shape index (κ2) is 25.1. The summed E-state index contributed by atoms with van der Waals surface area (Å²) in [7, 11) is -16.7. The maximum Gasteiger partial charge on any atom is 0.295 e. The first-order valence-electron chi connectivity index (χ1n) is 28.7. The fourth-order valence-corrected chi connectivity index (χ4v) is 16.0. The Hall–Kier alpha value is -6.40. The van der Waals surface area contributed by atoms with Crippen LogP contribution in [0.1, 0.15) is 89.0 Å². The first-order valence-corrected chi connectivity index (χ1v) is 34.6. The number of carbonyl (C=O) groups excluding carboxylic acids is 1. The largest absolute Gasteiger partial charge is 0.344 e. The third kappa shape index (κ3) is 13.7. The van der Waals surface area contributed by atoms with E-state index in [-0.39, 0.29) is 53.4 Å². The van der Waals surface area contributed by atoms with E-state index < -0.39 is 66.8 Å². The molecule has 3 aliphatic heterocycles. The number of amides is 1. The van der Waals surface area contributed by atoms with Crippen molar-refractivity contribution in [3.05, 3.63) is 174 Å². The van der Waals surface area contributed by atoms with Crippen molar-refractivity contribution in [2.24, 2.45) is 5.92 Å². The summed E-state index contributed by atoms with van der Waals surface area (Å²) < 4.78 is 137. The fraction of sp³-hybridized carbons (Fsp3) is 0.375. The second-order valence-corrected chi connectivity index (χ2v) is 29.9. The van der Waals surface area contributed by atoms with E-state index in [2.05, 4.69) is 78.8 Å². The Morgan fingerprint density at radius 1 is 0.694 bits per heavy atom. The predicted octanol–water partition coefficient (Wildman–Crippen LogP) is 10.3. The zero-order valence-electron chi connectivity index (χ0n) is 48.9. The lowest BCUT2D eigenvalue weighted by molar-refractivity contribution is -0.437. The highest BCUT2D eigenvalue weighted by Gasteiger charge is 2.46. The van der Waals surface area contributed by atoms with Crippen molar-refractivity contribution in [3.8, 4) is 0 Å². The summed E-state index contributed by atoms with van der Waals surface area (Å²) >= 11 is 0. The molecule has 9 rings (SSSR count). The molecule has 0 radical (unpaired) electrons. The lowest BCUT2D eigenvalue weighted by atomic mass is 9.79. The van der Waals surface area contributed by atoms with Gasteiger partial charge in [-0.25, -0.2) is 12.7 Å². The monoisotopic (exact) mass is 1230 g/mol. The topological polar surface area (TPSA) is 230 Å². The number of anilines is 1. The van der Waals surface area contributed by atoms with E-state index in [1.54, 1.807) is 31.3 Å². The smallest absolute Gasteiger partial charge is 0.295 e. The first-order chi connectivity index (χ1) is 40.1. The Labute approximate surface area is 501 Å². The summed E-state index contributed by atoms with van der Waals surface area (Å²) in [5.41, 5.74) is 5.36. The van der Waals surface area contributed by atoms with Gasteiger partial charge < -0.3 is 9.80 Å². The summed E-state index contributed by atoms with van der Waals surface area (Å²) in [6.45, 7) is 14.6. The van der Waals surface area contributed by atoms with Gasteiger partial charge in [0.1, 0.15) is 11.4 Å². The summed E-state index contributed by atoms with van der Waals surface area (Å²) in [6.07, 6.45) is 12.6. The number of benzene rings is 6. The number of aryl methyl sites for hydroxylation is 1. The predicted molar refractivity (Wildman–Crippen MR) is 334 cm³/mol. The minimum Gasteiger partial charge on any atom is -0.344 e. The fourth-order valence-electron chi connectivity index (χ4n) is 12.8. The molecule has 3 aliphatic rings. The number of nitrogens with zero attached hydrogens (tertiary/aromatic N) is 5. The van der Waals surface area contributed by atoms with Crippen molar-refractivity contribution in [1.29, 1.82) is 0 Å². The Kier molecular flexibility index (Phi) is 18.7. The molecular formula is C64H76N5O12S4+. The van der Waals surface area contributed by atoms with Crippen LogP contribution in [0.3, 0.4) is 0 Å². The van der Waals surface area contributed by atoms with Crippen LogP contribution in [0.4, 0.5) is 11.4 Å². The lowest BCUT2D eigenvalue weighted by Crippen LogP contribution is -2.37. The van der Waals surface area contributed by atoms with Crippen molar-refractivity contribution in [1.82, 2.24) is 14.1 Å². The van der Waals surface area contributed by atoms with Crippen LogP contribution >= 0.6 is 0 Å². The van der Waals surface area contributed by atoms with Gasteiger partial charge >= 0.3 is 0 Å². The molecule has 17 nitrogen and oxygen atoms in total. The number of fused-ring (bicyclic) bond motifs is 6. The van der Waals surface area contributed by atoms with Gasteiger partial charge in [0, 0.05) is 111 Å². The standard InChI is InChI=1S/C64H75N5O12S4/c1-7-35-68-54-33-31-50-52(24-17-25-56(50)83(74,75)65(6)36-18-28-60(70)67-39-38-66(43-47-22-13-9-14-23-47)44-48(45-67)30-29-46-20-11-8-12-21-46)61(54)63(2,3)58(68)26-15-10-16-27-59-64(4,5)62-53-41-49(84(76,77)78)42-57(85(79,80)81)51(53)32-34-55(62)69(59)37-19-40-82(71,72)73/h8-17,20-27,31-34,41-42,48H,7,18-19,28-30,35-40,43-45H2,1-6H3,(H2-,71,72,73,76,77,78,79,80,81)/p+1. The molecule has 0 spiro atoms. The highest BCUT2D eigenvalue weighted by Crippen LogP contribution is 2.52. The molecule has 1 atom stereocenters. The molecule has 3 heterocycles. The average molecular weight is 1240 g/mol. The van der Waals surface area contributed by atoms with Crippen LogP contribution in [0.15, 0.2) is 166 Å². The molecule has 3 N–H and O–H groups in total. The third-order valence-corrected chi connectivity index (χ3v) is 21.2. The highest BCUT2D eigenvalue weighted by molar-refractivity contribution is 7.89. The Bertz CT molecular complexity index is 4130. The van der Waals surface area contributed by atoms with Crippen LogP contribution in [-0.2, 0) is 69.0 Å². The number of sulfonamides is 1. The SMILES string of the molecule is CCC[N+]1=C(/C=C/C=C/C=C2/N(CCCS(=O)(=O)O)c3ccc4c(S(=O)(=O)O)cc(S(=O)(=O)O)cc4c3C2(C)C)C(C)(C)c2c1ccc1c(S(=O)(=O)N(C)CCCC(=O)N3CCN(Cc4ccccc4)CC(CCc4ccccc4)C3)cccc21. The van der Waals surface area contributed by atoms with Crippen molar-refractivity contribution in [3.63, 3.8) is 0 Å². The van der Waals surface area contributed by atoms with E-state index in [0.29, 0.717) is 54.5 Å². The molecule has 1 fully saturated rings. The molecule has 0 aromatic heterocycles. The Balaban J connectivity index is 0.933. The van der Waals surface area contributed by atoms with Crippen molar-refractivity contribution in [2.75, 3.05) is 63.5 Å². The summed E-state index contributed by atoms with van der Waals surface area (Å²) in [5, 5.41) is 1.53. The molecule has 0 saturated carbocycles. The van der Waals surface area contributed by atoms with Gasteiger partial charge in [0.15, 0.2) is 5.71 Å². The number of hydrogen-bond donors (Lipinski definition) is 3. The molecule has 1 amide bonds. The molecular weight excluding hydrogens is 1160 g/mol. The van der Waals surface area contributed by atoms with Crippen LogP contribution in [0.25, 0.3) is 21.5 Å². The maximum atomic E-state index is 14.6. The molecule has 21 heteroatoms. The van der Waals surface area contributed by atoms with Gasteiger partial charge in [-0.05, 0) is 109 Å². The van der Waals surface area contributed by atoms with E-state index >= 15 is 0 Å². The molecule has 6 aromatic carbocycles. The van der Waals surface area contributed by atoms with Crippen molar-refractivity contribution >= 4 is 84.9 Å². The van der Waals surface area contributed by atoms with Gasteiger partial charge in [-0.15, -0.1) is 0 Å². The molecule has 85 heavy (non-hydrogen) atoms. The van der Waals surface area contributed by atoms with E-state index in [1.807, 2.05) is 78.3 Å². The number of allylic oxidation sites excluding steroid dienone is 6. The van der Waals surface area contributed by atoms with Crippen LogP contribution < -0.4 is 4.90 Å². The molecule has 0 aliphatic carbocycles. The van der Waals surface area contributed by atoms with E-state index in [4.69, 9.17) is 0 Å². The van der Waals surface area contributed by atoms with Gasteiger partial charge in [0.25, 0.3) is 30.4 Å². The van der Waals surface area contributed by atoms with Crippen LogP contribution in [0.2, 0.25) is 0 Å². The first kappa shape index (κ1) is 63.1. The Morgan fingerprint density at radius 3 is 2.05 bits per heavy atom. The molecule has 0 bridgehead atoms. The highest BCUT2D eigenvalue weighted by atomic mass is 32.2. The van der Waals surface area contributed by atoms with Crippen LogP contribution in [0.5, 0.6) is 0 Å². The zero-order valence-corrected chi connectivity index (χ0v) is 52.2. The summed E-state index contributed by atoms with van der Waals surface area (Å²) in [5.74, 6) is -0.246. The zero-order chi connectivity index (χ0) is 61.3. The maximum absolute atomic E-state index is 14.6. The molecule has 452 valence electrons. The lowest BCUT2D eigenvalue weighted by Gasteiger charge is -2.27. The molecule has 6 aromatic rings. The van der Waals surface area contributed by atoms with Gasteiger partial charge in [-0.3, -0.25) is 23.4 Å². The van der Waals surface area contributed by atoms with Gasteiger partial charge in [0.05, 0.1) is 21.0 Å². The van der Waals surface area contributed by atoms with Crippen LogP contribution in [0, 0.1) is 5.92 Å². The van der Waals surface area contributed by atoms with Crippen molar-refractivity contribution in [2.45, 2.75) is 105 Å². The summed E-state index contributed by atoms with van der Waals surface area (Å²) in [4.78, 5) is 19.0. The average Bonchev–Trinajstić information content (AvgIpc) is 1.67. The van der Waals surface area contributed by atoms with Gasteiger partial charge in [-0.2, -0.15) is 29.8 Å². The second-order valence-electron chi connectivity index (χ2n) is 23.5. The number of rotatable bonds is 22. The molecule has 1 saturated heterocycles. The van der Waals surface area contributed by atoms with Crippen LogP contribution in [-0.4, -0.2) is 136 Å². The normalized spacial score (nSPS) is 18.2. The van der Waals surface area contributed by atoms with E-state index in [9.17, 15) is 52.1 Å². The van der Waals surface area contributed by atoms with Gasteiger partial charge in [0.2, 0.25) is 21.6 Å². The van der Waals surface area contributed by atoms with Crippen molar-refractivity contribution < 1.29 is 56.7 Å². The number of carbonyl (C=O) groups is 1. The van der Waals surface area contributed by atoms with E-state index in [0.717, 1.165) is 67.3 Å². The molecule has 1 unspecified atom stereocenters. The number of hydrogen-bond acceptors (Lipinski definition) is 11. The van der Waals surface area contributed by atoms with E-state index in [1.165, 1.54) is 21.5 Å². The summed E-state index contributed by atoms with van der Waals surface area (Å²) in [6, 6.07) is 34.9.